The van der Waals surface area contributed by atoms with Crippen LogP contribution in [0.2, 0.25) is 0 Å². The summed E-state index contributed by atoms with van der Waals surface area (Å²) in [4.78, 5) is 13.0. The Morgan fingerprint density at radius 3 is 2.47 bits per heavy atom. The molecule has 0 aliphatic carbocycles. The number of nitrogens with zero attached hydrogens (tertiary/aromatic N) is 3. The molecule has 15 heavy (non-hydrogen) atoms. The lowest BCUT2D eigenvalue weighted by atomic mass is 10.3. The van der Waals surface area contributed by atoms with E-state index in [1.54, 1.807) is 0 Å². The van der Waals surface area contributed by atoms with Crippen molar-refractivity contribution in [2.24, 2.45) is 0 Å². The minimum absolute atomic E-state index is 0.658. The van der Waals surface area contributed by atoms with Gasteiger partial charge in [0.1, 0.15) is 10.3 Å². The molecular formula is C11H10BrN3. The second-order valence-corrected chi connectivity index (χ2v) is 4.13. The highest BCUT2D eigenvalue weighted by Crippen LogP contribution is 2.16. The molecule has 0 aliphatic rings. The fraction of sp³-hybridized carbons (Fsp3) is 0.182. The molecule has 0 fully saturated rings. The first kappa shape index (κ1) is 10.2. The first-order chi connectivity index (χ1) is 7.15. The van der Waals surface area contributed by atoms with Crippen LogP contribution in [0.15, 0.2) is 28.9 Å². The van der Waals surface area contributed by atoms with Crippen molar-refractivity contribution in [3.05, 3.63) is 40.3 Å². The van der Waals surface area contributed by atoms with Crippen LogP contribution >= 0.6 is 15.9 Å². The summed E-state index contributed by atoms with van der Waals surface area (Å²) in [6.45, 7) is 3.89. The molecule has 2 rings (SSSR count). The van der Waals surface area contributed by atoms with E-state index in [4.69, 9.17) is 0 Å². The maximum Gasteiger partial charge on any atom is 0.179 e. The SMILES string of the molecule is Cc1cccc(-c2nc(C)cc(Br)n2)n1. The Morgan fingerprint density at radius 2 is 1.80 bits per heavy atom. The minimum Gasteiger partial charge on any atom is -0.250 e. The molecule has 0 atom stereocenters. The summed E-state index contributed by atoms with van der Waals surface area (Å²) < 4.78 is 0.785. The molecule has 0 aromatic carbocycles. The summed E-state index contributed by atoms with van der Waals surface area (Å²) in [6.07, 6.45) is 0. The van der Waals surface area contributed by atoms with Crippen molar-refractivity contribution in [1.29, 1.82) is 0 Å². The average Bonchev–Trinajstić information content (AvgIpc) is 2.16. The summed E-state index contributed by atoms with van der Waals surface area (Å²) in [7, 11) is 0. The number of halogens is 1. The highest BCUT2D eigenvalue weighted by Gasteiger charge is 2.04. The third-order valence-electron chi connectivity index (χ3n) is 1.94. The molecule has 0 N–H and O–H groups in total. The Balaban J connectivity index is 2.54. The molecule has 2 aromatic rings. The molecule has 2 aromatic heterocycles. The molecule has 0 unspecified atom stereocenters. The van der Waals surface area contributed by atoms with E-state index in [2.05, 4.69) is 30.9 Å². The molecule has 0 saturated carbocycles. The summed E-state index contributed by atoms with van der Waals surface area (Å²) in [5, 5.41) is 0. The maximum absolute atomic E-state index is 4.38. The Kier molecular flexibility index (Phi) is 2.77. The number of aryl methyl sites for hydroxylation is 2. The molecule has 0 amide bonds. The predicted molar refractivity (Wildman–Crippen MR) is 62.4 cm³/mol. The van der Waals surface area contributed by atoms with E-state index in [-0.39, 0.29) is 0 Å². The van der Waals surface area contributed by atoms with Crippen molar-refractivity contribution in [3.63, 3.8) is 0 Å². The first-order valence-electron chi connectivity index (χ1n) is 4.60. The zero-order chi connectivity index (χ0) is 10.8. The molecule has 3 nitrogen and oxygen atoms in total. The van der Waals surface area contributed by atoms with Gasteiger partial charge in [-0.15, -0.1) is 0 Å². The van der Waals surface area contributed by atoms with Crippen LogP contribution in [0.1, 0.15) is 11.4 Å². The van der Waals surface area contributed by atoms with Crippen molar-refractivity contribution >= 4 is 15.9 Å². The van der Waals surface area contributed by atoms with E-state index in [1.165, 1.54) is 0 Å². The standard InChI is InChI=1S/C11H10BrN3/c1-7-4-3-5-9(13-7)11-14-8(2)6-10(12)15-11/h3-6H,1-2H3. The lowest BCUT2D eigenvalue weighted by Crippen LogP contribution is -1.95. The lowest BCUT2D eigenvalue weighted by Gasteiger charge is -2.02. The molecular weight excluding hydrogens is 254 g/mol. The molecule has 76 valence electrons. The number of hydrogen-bond donors (Lipinski definition) is 0. The lowest BCUT2D eigenvalue weighted by molar-refractivity contribution is 1.06. The van der Waals surface area contributed by atoms with E-state index in [1.807, 2.05) is 38.1 Å². The van der Waals surface area contributed by atoms with Gasteiger partial charge in [0, 0.05) is 11.4 Å². The summed E-state index contributed by atoms with van der Waals surface area (Å²) >= 11 is 3.35. The van der Waals surface area contributed by atoms with E-state index in [0.29, 0.717) is 5.82 Å². The Bertz CT molecular complexity index is 477. The quantitative estimate of drug-likeness (QED) is 0.743. The van der Waals surface area contributed by atoms with Gasteiger partial charge < -0.3 is 0 Å². The topological polar surface area (TPSA) is 38.7 Å². The largest absolute Gasteiger partial charge is 0.250 e. The molecule has 0 aliphatic heterocycles. The number of aromatic nitrogens is 3. The van der Waals surface area contributed by atoms with Gasteiger partial charge in [0.2, 0.25) is 0 Å². The zero-order valence-corrected chi connectivity index (χ0v) is 10.1. The van der Waals surface area contributed by atoms with Crippen LogP contribution in [-0.2, 0) is 0 Å². The third-order valence-corrected chi connectivity index (χ3v) is 2.35. The van der Waals surface area contributed by atoms with Crippen LogP contribution in [0.25, 0.3) is 11.5 Å². The van der Waals surface area contributed by atoms with E-state index in [0.717, 1.165) is 21.7 Å². The monoisotopic (exact) mass is 263 g/mol. The van der Waals surface area contributed by atoms with Gasteiger partial charge in [-0.3, -0.25) is 0 Å². The maximum atomic E-state index is 4.38. The van der Waals surface area contributed by atoms with Crippen molar-refractivity contribution in [2.45, 2.75) is 13.8 Å². The molecule has 0 spiro atoms. The fourth-order valence-electron chi connectivity index (χ4n) is 1.31. The van der Waals surface area contributed by atoms with Crippen LogP contribution in [0.3, 0.4) is 0 Å². The highest BCUT2D eigenvalue weighted by atomic mass is 79.9. The predicted octanol–water partition coefficient (Wildman–Crippen LogP) is 2.92. The van der Waals surface area contributed by atoms with Gasteiger partial charge in [0.05, 0.1) is 0 Å². The van der Waals surface area contributed by atoms with Gasteiger partial charge >= 0.3 is 0 Å². The Hall–Kier alpha value is -1.29. The number of hydrogen-bond acceptors (Lipinski definition) is 3. The number of rotatable bonds is 1. The molecule has 0 bridgehead atoms. The second kappa shape index (κ2) is 4.06. The van der Waals surface area contributed by atoms with Gasteiger partial charge in [0.25, 0.3) is 0 Å². The second-order valence-electron chi connectivity index (χ2n) is 3.32. The fourth-order valence-corrected chi connectivity index (χ4v) is 1.81. The van der Waals surface area contributed by atoms with Gasteiger partial charge in [-0.05, 0) is 48.0 Å². The van der Waals surface area contributed by atoms with Crippen molar-refractivity contribution < 1.29 is 0 Å². The first-order valence-corrected chi connectivity index (χ1v) is 5.39. The zero-order valence-electron chi connectivity index (χ0n) is 8.53. The third kappa shape index (κ3) is 2.39. The molecule has 2 heterocycles. The normalized spacial score (nSPS) is 10.3. The summed E-state index contributed by atoms with van der Waals surface area (Å²) in [6, 6.07) is 7.69. The minimum atomic E-state index is 0.658. The van der Waals surface area contributed by atoms with Crippen molar-refractivity contribution in [3.8, 4) is 11.5 Å². The van der Waals surface area contributed by atoms with Crippen molar-refractivity contribution in [2.75, 3.05) is 0 Å². The van der Waals surface area contributed by atoms with E-state index < -0.39 is 0 Å². The van der Waals surface area contributed by atoms with E-state index >= 15 is 0 Å². The molecule has 0 saturated heterocycles. The summed E-state index contributed by atoms with van der Waals surface area (Å²) in [5.41, 5.74) is 2.70. The van der Waals surface area contributed by atoms with Crippen LogP contribution in [0.5, 0.6) is 0 Å². The van der Waals surface area contributed by atoms with Crippen LogP contribution in [0, 0.1) is 13.8 Å². The molecule has 4 heteroatoms. The van der Waals surface area contributed by atoms with Gasteiger partial charge in [-0.1, -0.05) is 6.07 Å². The van der Waals surface area contributed by atoms with Crippen LogP contribution in [-0.4, -0.2) is 15.0 Å². The highest BCUT2D eigenvalue weighted by molar-refractivity contribution is 9.10. The number of pyridine rings is 1. The Labute approximate surface area is 96.7 Å². The van der Waals surface area contributed by atoms with Crippen LogP contribution < -0.4 is 0 Å². The van der Waals surface area contributed by atoms with Crippen molar-refractivity contribution in [1.82, 2.24) is 15.0 Å². The van der Waals surface area contributed by atoms with E-state index in [9.17, 15) is 0 Å². The van der Waals surface area contributed by atoms with Gasteiger partial charge in [0.15, 0.2) is 5.82 Å². The average molecular weight is 264 g/mol. The molecule has 0 radical (unpaired) electrons. The smallest absolute Gasteiger partial charge is 0.179 e. The van der Waals surface area contributed by atoms with Gasteiger partial charge in [-0.25, -0.2) is 15.0 Å². The Morgan fingerprint density at radius 1 is 1.00 bits per heavy atom. The summed E-state index contributed by atoms with van der Waals surface area (Å²) in [5.74, 6) is 0.658. The van der Waals surface area contributed by atoms with Crippen LogP contribution in [0.4, 0.5) is 0 Å². The van der Waals surface area contributed by atoms with Gasteiger partial charge in [-0.2, -0.15) is 0 Å².